The number of nitrogens with zero attached hydrogens (tertiary/aromatic N) is 2. The highest BCUT2D eigenvalue weighted by atomic mass is 16.5. The van der Waals surface area contributed by atoms with Crippen molar-refractivity contribution in [1.29, 1.82) is 0 Å². The van der Waals surface area contributed by atoms with Gasteiger partial charge in [0, 0.05) is 32.2 Å². The van der Waals surface area contributed by atoms with Gasteiger partial charge in [-0.2, -0.15) is 0 Å². The van der Waals surface area contributed by atoms with Crippen LogP contribution in [0.15, 0.2) is 18.2 Å². The summed E-state index contributed by atoms with van der Waals surface area (Å²) in [6.07, 6.45) is 3.52. The highest BCUT2D eigenvalue weighted by Crippen LogP contribution is 2.39. The van der Waals surface area contributed by atoms with Crippen molar-refractivity contribution in [3.05, 3.63) is 23.8 Å². The molecular formula is C19H27N3O3. The topological polar surface area (TPSA) is 61.9 Å². The average Bonchev–Trinajstić information content (AvgIpc) is 3.36. The SMILES string of the molecule is CCC1(NC(=O)C[C@H]2COc3ccc(C(=O)N(C)C)cc3N2C)CC1. The molecule has 1 aromatic carbocycles. The zero-order valence-corrected chi connectivity index (χ0v) is 15.5. The first-order valence-corrected chi connectivity index (χ1v) is 8.87. The molecule has 0 saturated heterocycles. The lowest BCUT2D eigenvalue weighted by atomic mass is 10.1. The number of hydrogen-bond donors (Lipinski definition) is 1. The second-order valence-corrected chi connectivity index (χ2v) is 7.34. The molecule has 1 fully saturated rings. The number of carbonyl (C=O) groups is 2. The molecule has 1 saturated carbocycles. The van der Waals surface area contributed by atoms with Gasteiger partial charge in [-0.15, -0.1) is 0 Å². The van der Waals surface area contributed by atoms with E-state index < -0.39 is 0 Å². The van der Waals surface area contributed by atoms with Crippen LogP contribution in [0, 0.1) is 0 Å². The van der Waals surface area contributed by atoms with Crippen LogP contribution in [0.1, 0.15) is 43.0 Å². The minimum atomic E-state index is -0.0466. The van der Waals surface area contributed by atoms with E-state index in [1.165, 1.54) is 0 Å². The monoisotopic (exact) mass is 345 g/mol. The zero-order valence-electron chi connectivity index (χ0n) is 15.5. The molecule has 2 aliphatic rings. The minimum Gasteiger partial charge on any atom is -0.489 e. The Morgan fingerprint density at radius 2 is 2.08 bits per heavy atom. The number of ether oxygens (including phenoxy) is 1. The Bertz CT molecular complexity index is 682. The predicted molar refractivity (Wildman–Crippen MR) is 97.2 cm³/mol. The molecule has 136 valence electrons. The molecule has 1 aromatic rings. The third kappa shape index (κ3) is 3.57. The summed E-state index contributed by atoms with van der Waals surface area (Å²) >= 11 is 0. The summed E-state index contributed by atoms with van der Waals surface area (Å²) in [5.74, 6) is 0.778. The molecule has 1 aliphatic heterocycles. The summed E-state index contributed by atoms with van der Waals surface area (Å²) in [6.45, 7) is 2.58. The maximum Gasteiger partial charge on any atom is 0.253 e. The first-order valence-electron chi connectivity index (χ1n) is 8.87. The number of rotatable bonds is 5. The van der Waals surface area contributed by atoms with E-state index in [-0.39, 0.29) is 23.4 Å². The lowest BCUT2D eigenvalue weighted by molar-refractivity contribution is -0.122. The van der Waals surface area contributed by atoms with Gasteiger partial charge >= 0.3 is 0 Å². The van der Waals surface area contributed by atoms with Crippen LogP contribution >= 0.6 is 0 Å². The fraction of sp³-hybridized carbons (Fsp3) is 0.579. The number of amides is 2. The van der Waals surface area contributed by atoms with Crippen molar-refractivity contribution in [3.63, 3.8) is 0 Å². The zero-order chi connectivity index (χ0) is 18.2. The largest absolute Gasteiger partial charge is 0.489 e. The van der Waals surface area contributed by atoms with E-state index in [0.29, 0.717) is 18.6 Å². The van der Waals surface area contributed by atoms with Crippen molar-refractivity contribution >= 4 is 17.5 Å². The molecule has 0 aromatic heterocycles. The van der Waals surface area contributed by atoms with E-state index in [2.05, 4.69) is 17.1 Å². The van der Waals surface area contributed by atoms with E-state index in [9.17, 15) is 9.59 Å². The Kier molecular flexibility index (Phi) is 4.62. The molecule has 6 nitrogen and oxygen atoms in total. The summed E-state index contributed by atoms with van der Waals surface area (Å²) in [7, 11) is 5.42. The number of fused-ring (bicyclic) bond motifs is 1. The average molecular weight is 345 g/mol. The third-order valence-corrected chi connectivity index (χ3v) is 5.33. The summed E-state index contributed by atoms with van der Waals surface area (Å²) in [6, 6.07) is 5.41. The van der Waals surface area contributed by atoms with Crippen molar-refractivity contribution in [3.8, 4) is 5.75 Å². The Balaban J connectivity index is 1.71. The second-order valence-electron chi connectivity index (χ2n) is 7.34. The van der Waals surface area contributed by atoms with Gasteiger partial charge in [-0.1, -0.05) is 6.92 Å². The summed E-state index contributed by atoms with van der Waals surface area (Å²) < 4.78 is 5.83. The molecule has 2 amide bonds. The lowest BCUT2D eigenvalue weighted by Crippen LogP contribution is -2.46. The molecule has 0 radical (unpaired) electrons. The summed E-state index contributed by atoms with van der Waals surface area (Å²) in [5.41, 5.74) is 1.51. The van der Waals surface area contributed by atoms with Gasteiger partial charge in [-0.25, -0.2) is 0 Å². The van der Waals surface area contributed by atoms with Crippen LogP contribution < -0.4 is 15.0 Å². The van der Waals surface area contributed by atoms with Crippen LogP contribution in [0.5, 0.6) is 5.75 Å². The minimum absolute atomic E-state index is 0.0361. The quantitative estimate of drug-likeness (QED) is 0.887. The van der Waals surface area contributed by atoms with Gasteiger partial charge in [0.05, 0.1) is 18.2 Å². The fourth-order valence-electron chi connectivity index (χ4n) is 3.28. The van der Waals surface area contributed by atoms with Crippen LogP contribution in [0.4, 0.5) is 5.69 Å². The number of likely N-dealkylation sites (N-methyl/N-ethyl adjacent to an activating group) is 1. The van der Waals surface area contributed by atoms with E-state index >= 15 is 0 Å². The Morgan fingerprint density at radius 3 is 2.68 bits per heavy atom. The summed E-state index contributed by atoms with van der Waals surface area (Å²) in [5, 5.41) is 3.17. The van der Waals surface area contributed by atoms with Gasteiger partial charge in [-0.05, 0) is 37.5 Å². The van der Waals surface area contributed by atoms with Gasteiger partial charge in [-0.3, -0.25) is 9.59 Å². The third-order valence-electron chi connectivity index (χ3n) is 5.33. The number of nitrogens with one attached hydrogen (secondary N) is 1. The van der Waals surface area contributed by atoms with Crippen LogP contribution in [-0.4, -0.2) is 56.0 Å². The van der Waals surface area contributed by atoms with Gasteiger partial charge in [0.15, 0.2) is 0 Å². The highest BCUT2D eigenvalue weighted by Gasteiger charge is 2.42. The van der Waals surface area contributed by atoms with Crippen molar-refractivity contribution in [2.75, 3.05) is 32.6 Å². The number of hydrogen-bond acceptors (Lipinski definition) is 4. The molecule has 1 aliphatic carbocycles. The van der Waals surface area contributed by atoms with Gasteiger partial charge in [0.25, 0.3) is 5.91 Å². The summed E-state index contributed by atoms with van der Waals surface area (Å²) in [4.78, 5) is 28.2. The fourth-order valence-corrected chi connectivity index (χ4v) is 3.28. The highest BCUT2D eigenvalue weighted by molar-refractivity contribution is 5.95. The van der Waals surface area contributed by atoms with Crippen molar-refractivity contribution < 1.29 is 14.3 Å². The van der Waals surface area contributed by atoms with E-state index in [4.69, 9.17) is 4.74 Å². The Hall–Kier alpha value is -2.24. The standard InChI is InChI=1S/C19H27N3O3/c1-5-19(8-9-19)20-17(23)11-14-12-25-16-7-6-13(18(24)21(2)3)10-15(16)22(14)4/h6-7,10,14H,5,8-9,11-12H2,1-4H3,(H,20,23)/t14-/m0/s1. The normalized spacial score (nSPS) is 20.3. The predicted octanol–water partition coefficient (Wildman–Crippen LogP) is 2.03. The van der Waals surface area contributed by atoms with Crippen LogP contribution in [0.2, 0.25) is 0 Å². The molecule has 3 rings (SSSR count). The molecule has 0 spiro atoms. The van der Waals surface area contributed by atoms with E-state index in [0.717, 1.165) is 30.7 Å². The van der Waals surface area contributed by atoms with Crippen LogP contribution in [0.25, 0.3) is 0 Å². The molecule has 6 heteroatoms. The van der Waals surface area contributed by atoms with Crippen molar-refractivity contribution in [2.24, 2.45) is 0 Å². The maximum atomic E-state index is 12.4. The molecule has 25 heavy (non-hydrogen) atoms. The molecule has 0 bridgehead atoms. The molecule has 0 unspecified atom stereocenters. The lowest BCUT2D eigenvalue weighted by Gasteiger charge is -2.36. The second kappa shape index (κ2) is 6.58. The van der Waals surface area contributed by atoms with E-state index in [1.54, 1.807) is 25.1 Å². The number of anilines is 1. The maximum absolute atomic E-state index is 12.4. The van der Waals surface area contributed by atoms with Crippen LogP contribution in [-0.2, 0) is 4.79 Å². The number of carbonyl (C=O) groups excluding carboxylic acids is 2. The van der Waals surface area contributed by atoms with Crippen molar-refractivity contribution in [2.45, 2.75) is 44.2 Å². The molecule has 1 heterocycles. The first kappa shape index (κ1) is 17.6. The van der Waals surface area contributed by atoms with Crippen LogP contribution in [0.3, 0.4) is 0 Å². The molecule has 1 N–H and O–H groups in total. The van der Waals surface area contributed by atoms with Crippen molar-refractivity contribution in [1.82, 2.24) is 10.2 Å². The van der Waals surface area contributed by atoms with Gasteiger partial charge in [0.2, 0.25) is 5.91 Å². The number of benzene rings is 1. The Morgan fingerprint density at radius 1 is 1.36 bits per heavy atom. The smallest absolute Gasteiger partial charge is 0.253 e. The van der Waals surface area contributed by atoms with E-state index in [1.807, 2.05) is 19.2 Å². The van der Waals surface area contributed by atoms with Gasteiger partial charge < -0.3 is 19.9 Å². The molecule has 1 atom stereocenters. The Labute approximate surface area is 149 Å². The molecular weight excluding hydrogens is 318 g/mol. The van der Waals surface area contributed by atoms with Gasteiger partial charge in [0.1, 0.15) is 12.4 Å². The first-order chi connectivity index (χ1) is 11.8.